The number of aromatic nitrogens is 1. The number of nitrogens with one attached hydrogen (secondary N) is 1. The van der Waals surface area contributed by atoms with Gasteiger partial charge in [-0.3, -0.25) is 4.79 Å². The van der Waals surface area contributed by atoms with Crippen LogP contribution in [-0.2, 0) is 11.3 Å². The van der Waals surface area contributed by atoms with Crippen LogP contribution in [0.4, 0.5) is 4.39 Å². The van der Waals surface area contributed by atoms with Crippen LogP contribution in [0.5, 0.6) is 23.1 Å². The summed E-state index contributed by atoms with van der Waals surface area (Å²) in [5.41, 5.74) is 0.808. The quantitative estimate of drug-likeness (QED) is 0.621. The molecule has 0 fully saturated rings. The van der Waals surface area contributed by atoms with Crippen molar-refractivity contribution in [2.45, 2.75) is 19.6 Å². The van der Waals surface area contributed by atoms with Gasteiger partial charge in [-0.1, -0.05) is 0 Å². The molecule has 0 bridgehead atoms. The first-order valence-electron chi connectivity index (χ1n) is 9.00. The van der Waals surface area contributed by atoms with Gasteiger partial charge in [0.2, 0.25) is 5.88 Å². The molecule has 1 aromatic heterocycles. The number of amides is 1. The smallest absolute Gasteiger partial charge is 0.261 e. The minimum absolute atomic E-state index is 0.251. The van der Waals surface area contributed by atoms with Gasteiger partial charge >= 0.3 is 0 Å². The van der Waals surface area contributed by atoms with E-state index in [0.29, 0.717) is 23.1 Å². The van der Waals surface area contributed by atoms with Gasteiger partial charge in [0.25, 0.3) is 5.91 Å². The fourth-order valence-electron chi connectivity index (χ4n) is 2.48. The molecular weight excluding hydrogens is 375 g/mol. The number of nitrogens with zero attached hydrogens (tertiary/aromatic N) is 1. The van der Waals surface area contributed by atoms with E-state index in [2.05, 4.69) is 10.3 Å². The Morgan fingerprint density at radius 2 is 1.69 bits per heavy atom. The van der Waals surface area contributed by atoms with Gasteiger partial charge in [0.1, 0.15) is 23.1 Å². The summed E-state index contributed by atoms with van der Waals surface area (Å²) >= 11 is 0. The number of hydrogen-bond acceptors (Lipinski definition) is 5. The van der Waals surface area contributed by atoms with Crippen LogP contribution in [0, 0.1) is 5.82 Å². The average Bonchev–Trinajstić information content (AvgIpc) is 2.74. The molecule has 0 aliphatic rings. The maximum Gasteiger partial charge on any atom is 0.261 e. The second-order valence-corrected chi connectivity index (χ2v) is 6.21. The summed E-state index contributed by atoms with van der Waals surface area (Å²) in [4.78, 5) is 16.4. The average molecular weight is 396 g/mol. The Morgan fingerprint density at radius 3 is 2.38 bits per heavy atom. The summed E-state index contributed by atoms with van der Waals surface area (Å²) in [6.45, 7) is 1.96. The van der Waals surface area contributed by atoms with Crippen molar-refractivity contribution < 1.29 is 23.4 Å². The maximum atomic E-state index is 13.0. The van der Waals surface area contributed by atoms with Crippen molar-refractivity contribution in [2.24, 2.45) is 0 Å². The van der Waals surface area contributed by atoms with Crippen LogP contribution in [0.1, 0.15) is 12.5 Å². The van der Waals surface area contributed by atoms with Gasteiger partial charge in [-0.2, -0.15) is 0 Å². The molecular formula is C22H21FN2O4. The van der Waals surface area contributed by atoms with Crippen molar-refractivity contribution in [3.8, 4) is 23.1 Å². The van der Waals surface area contributed by atoms with Crippen molar-refractivity contribution in [1.29, 1.82) is 0 Å². The van der Waals surface area contributed by atoms with Crippen LogP contribution < -0.4 is 19.5 Å². The zero-order valence-electron chi connectivity index (χ0n) is 16.1. The molecule has 0 aliphatic heterocycles. The molecule has 2 aromatic carbocycles. The summed E-state index contributed by atoms with van der Waals surface area (Å²) in [6.07, 6.45) is 0.914. The monoisotopic (exact) mass is 396 g/mol. The molecule has 1 heterocycles. The summed E-state index contributed by atoms with van der Waals surface area (Å²) in [5.74, 6) is 1.53. The Bertz CT molecular complexity index is 946. The molecule has 6 nitrogen and oxygen atoms in total. The molecule has 0 radical (unpaired) electrons. The van der Waals surface area contributed by atoms with Crippen molar-refractivity contribution in [1.82, 2.24) is 10.3 Å². The Kier molecular flexibility index (Phi) is 6.63. The van der Waals surface area contributed by atoms with E-state index < -0.39 is 6.10 Å². The van der Waals surface area contributed by atoms with E-state index in [9.17, 15) is 9.18 Å². The number of methoxy groups -OCH3 is 1. The van der Waals surface area contributed by atoms with Gasteiger partial charge < -0.3 is 19.5 Å². The number of pyridine rings is 1. The van der Waals surface area contributed by atoms with E-state index in [1.807, 2.05) is 0 Å². The Hall–Kier alpha value is -3.61. The van der Waals surface area contributed by atoms with E-state index in [1.165, 1.54) is 24.3 Å². The third-order valence-electron chi connectivity index (χ3n) is 4.04. The molecule has 7 heteroatoms. The lowest BCUT2D eigenvalue weighted by Gasteiger charge is -2.15. The number of carbonyl (C=O) groups excluding carboxylic acids is 1. The first kappa shape index (κ1) is 20.1. The first-order chi connectivity index (χ1) is 14.0. The van der Waals surface area contributed by atoms with Gasteiger partial charge in [-0.25, -0.2) is 9.37 Å². The minimum atomic E-state index is -0.667. The summed E-state index contributed by atoms with van der Waals surface area (Å²) in [6, 6.07) is 16.1. The van der Waals surface area contributed by atoms with Crippen LogP contribution in [0.25, 0.3) is 0 Å². The van der Waals surface area contributed by atoms with Gasteiger partial charge in [-0.15, -0.1) is 0 Å². The van der Waals surface area contributed by atoms with Crippen molar-refractivity contribution in [3.05, 3.63) is 78.2 Å². The number of ether oxygens (including phenoxy) is 3. The predicted molar refractivity (Wildman–Crippen MR) is 106 cm³/mol. The number of hydrogen-bond donors (Lipinski definition) is 1. The lowest BCUT2D eigenvalue weighted by atomic mass is 10.2. The second-order valence-electron chi connectivity index (χ2n) is 6.21. The third-order valence-corrected chi connectivity index (χ3v) is 4.04. The minimum Gasteiger partial charge on any atom is -0.497 e. The Labute approximate surface area is 168 Å². The topological polar surface area (TPSA) is 69.7 Å². The lowest BCUT2D eigenvalue weighted by molar-refractivity contribution is -0.127. The summed E-state index contributed by atoms with van der Waals surface area (Å²) in [7, 11) is 1.58. The molecule has 1 atom stereocenters. The molecule has 0 saturated carbocycles. The summed E-state index contributed by atoms with van der Waals surface area (Å²) in [5, 5.41) is 2.82. The van der Waals surface area contributed by atoms with Crippen molar-refractivity contribution >= 4 is 5.91 Å². The summed E-state index contributed by atoms with van der Waals surface area (Å²) < 4.78 is 29.3. The number of rotatable bonds is 8. The second kappa shape index (κ2) is 9.54. The van der Waals surface area contributed by atoms with E-state index in [1.54, 1.807) is 56.6 Å². The van der Waals surface area contributed by atoms with Crippen molar-refractivity contribution in [3.63, 3.8) is 0 Å². The highest BCUT2D eigenvalue weighted by atomic mass is 19.1. The molecule has 150 valence electrons. The van der Waals surface area contributed by atoms with Crippen molar-refractivity contribution in [2.75, 3.05) is 7.11 Å². The molecule has 0 aliphatic carbocycles. The zero-order chi connectivity index (χ0) is 20.6. The normalized spacial score (nSPS) is 11.4. The van der Waals surface area contributed by atoms with E-state index >= 15 is 0 Å². The van der Waals surface area contributed by atoms with Gasteiger partial charge in [0.15, 0.2) is 6.10 Å². The maximum absolute atomic E-state index is 13.0. The molecule has 3 rings (SSSR count). The van der Waals surface area contributed by atoms with E-state index in [0.717, 1.165) is 5.56 Å². The van der Waals surface area contributed by atoms with Gasteiger partial charge in [0, 0.05) is 18.8 Å². The molecule has 29 heavy (non-hydrogen) atoms. The molecule has 0 spiro atoms. The van der Waals surface area contributed by atoms with E-state index in [4.69, 9.17) is 14.2 Å². The standard InChI is InChI=1S/C22H21FN2O4/c1-15(28-19-9-7-18(27-2)8-10-19)22(26)25-14-16-11-12-24-21(13-16)29-20-5-3-17(23)4-6-20/h3-13,15H,14H2,1-2H3,(H,25,26). The number of benzene rings is 2. The molecule has 0 saturated heterocycles. The zero-order valence-corrected chi connectivity index (χ0v) is 16.1. The lowest BCUT2D eigenvalue weighted by Crippen LogP contribution is -2.35. The van der Waals surface area contributed by atoms with Gasteiger partial charge in [-0.05, 0) is 67.1 Å². The van der Waals surface area contributed by atoms with Gasteiger partial charge in [0.05, 0.1) is 7.11 Å². The third kappa shape index (κ3) is 5.93. The van der Waals surface area contributed by atoms with Crippen LogP contribution in [-0.4, -0.2) is 24.1 Å². The highest BCUT2D eigenvalue weighted by molar-refractivity contribution is 5.80. The van der Waals surface area contributed by atoms with E-state index in [-0.39, 0.29) is 18.3 Å². The number of halogens is 1. The highest BCUT2D eigenvalue weighted by Crippen LogP contribution is 2.20. The molecule has 1 unspecified atom stereocenters. The SMILES string of the molecule is COc1ccc(OC(C)C(=O)NCc2ccnc(Oc3ccc(F)cc3)c2)cc1. The fraction of sp³-hybridized carbons (Fsp3) is 0.182. The van der Waals surface area contributed by atoms with Crippen LogP contribution in [0.2, 0.25) is 0 Å². The van der Waals surface area contributed by atoms with Crippen LogP contribution in [0.3, 0.4) is 0 Å². The molecule has 1 N–H and O–H groups in total. The van der Waals surface area contributed by atoms with Crippen LogP contribution >= 0.6 is 0 Å². The predicted octanol–water partition coefficient (Wildman–Crippen LogP) is 4.11. The molecule has 3 aromatic rings. The molecule has 1 amide bonds. The fourth-order valence-corrected chi connectivity index (χ4v) is 2.48. The first-order valence-corrected chi connectivity index (χ1v) is 9.00. The van der Waals surface area contributed by atoms with Crippen LogP contribution in [0.15, 0.2) is 66.9 Å². The highest BCUT2D eigenvalue weighted by Gasteiger charge is 2.14. The Morgan fingerprint density at radius 1 is 1.03 bits per heavy atom. The Balaban J connectivity index is 1.53. The number of carbonyl (C=O) groups is 1. The largest absolute Gasteiger partial charge is 0.497 e.